The SMILES string of the molecule is CCOC(=O)CC(C)(CC)N1CCCCCC1. The molecule has 100 valence electrons. The van der Waals surface area contributed by atoms with Crippen molar-refractivity contribution in [2.45, 2.75) is 64.8 Å². The van der Waals surface area contributed by atoms with Crippen LogP contribution in [0, 0.1) is 0 Å². The number of ether oxygens (including phenoxy) is 1. The molecule has 0 amide bonds. The Morgan fingerprint density at radius 1 is 1.18 bits per heavy atom. The summed E-state index contributed by atoms with van der Waals surface area (Å²) in [5.74, 6) is -0.0545. The number of esters is 1. The number of hydrogen-bond donors (Lipinski definition) is 0. The van der Waals surface area contributed by atoms with Gasteiger partial charge in [-0.2, -0.15) is 0 Å². The molecule has 3 nitrogen and oxygen atoms in total. The van der Waals surface area contributed by atoms with Gasteiger partial charge in [-0.3, -0.25) is 9.69 Å². The van der Waals surface area contributed by atoms with E-state index in [1.54, 1.807) is 0 Å². The third kappa shape index (κ3) is 4.30. The maximum Gasteiger partial charge on any atom is 0.307 e. The molecule has 1 unspecified atom stereocenters. The average molecular weight is 241 g/mol. The molecule has 0 aromatic rings. The van der Waals surface area contributed by atoms with Gasteiger partial charge in [-0.25, -0.2) is 0 Å². The Labute approximate surface area is 106 Å². The van der Waals surface area contributed by atoms with E-state index >= 15 is 0 Å². The van der Waals surface area contributed by atoms with Crippen LogP contribution in [0.1, 0.15) is 59.3 Å². The summed E-state index contributed by atoms with van der Waals surface area (Å²) in [6.45, 7) is 8.98. The van der Waals surface area contributed by atoms with Gasteiger partial charge in [-0.05, 0) is 46.2 Å². The topological polar surface area (TPSA) is 29.5 Å². The Kier molecular flexibility index (Phi) is 5.96. The molecule has 0 aromatic carbocycles. The second-order valence-corrected chi connectivity index (χ2v) is 5.23. The molecule has 17 heavy (non-hydrogen) atoms. The molecule has 1 fully saturated rings. The monoisotopic (exact) mass is 241 g/mol. The fourth-order valence-corrected chi connectivity index (χ4v) is 2.59. The Morgan fingerprint density at radius 3 is 2.24 bits per heavy atom. The minimum Gasteiger partial charge on any atom is -0.466 e. The predicted octanol–water partition coefficient (Wildman–Crippen LogP) is 2.98. The van der Waals surface area contributed by atoms with Gasteiger partial charge in [0.15, 0.2) is 0 Å². The molecule has 0 bridgehead atoms. The number of carbonyl (C=O) groups is 1. The zero-order valence-corrected chi connectivity index (χ0v) is 11.6. The molecule has 0 aromatic heterocycles. The smallest absolute Gasteiger partial charge is 0.307 e. The Bertz CT molecular complexity index is 234. The number of hydrogen-bond acceptors (Lipinski definition) is 3. The first kappa shape index (κ1) is 14.5. The van der Waals surface area contributed by atoms with Crippen LogP contribution in [0.2, 0.25) is 0 Å². The van der Waals surface area contributed by atoms with Gasteiger partial charge in [0, 0.05) is 5.54 Å². The van der Waals surface area contributed by atoms with Crippen LogP contribution in [0.3, 0.4) is 0 Å². The van der Waals surface area contributed by atoms with Crippen molar-refractivity contribution in [1.82, 2.24) is 4.90 Å². The van der Waals surface area contributed by atoms with Crippen LogP contribution < -0.4 is 0 Å². The fourth-order valence-electron chi connectivity index (χ4n) is 2.59. The van der Waals surface area contributed by atoms with Crippen molar-refractivity contribution in [2.75, 3.05) is 19.7 Å². The minimum absolute atomic E-state index is 0.0173. The van der Waals surface area contributed by atoms with E-state index < -0.39 is 0 Å². The van der Waals surface area contributed by atoms with Gasteiger partial charge in [0.2, 0.25) is 0 Å². The molecule has 1 aliphatic heterocycles. The molecule has 1 atom stereocenters. The number of likely N-dealkylation sites (tertiary alicyclic amines) is 1. The van der Waals surface area contributed by atoms with E-state index in [1.165, 1.54) is 25.7 Å². The highest BCUT2D eigenvalue weighted by molar-refractivity contribution is 5.70. The average Bonchev–Trinajstić information content (AvgIpc) is 2.58. The van der Waals surface area contributed by atoms with E-state index in [4.69, 9.17) is 4.74 Å². The summed E-state index contributed by atoms with van der Waals surface area (Å²) in [5, 5.41) is 0. The minimum atomic E-state index is -0.0545. The number of nitrogens with zero attached hydrogens (tertiary/aromatic N) is 1. The summed E-state index contributed by atoms with van der Waals surface area (Å²) in [7, 11) is 0. The molecule has 1 aliphatic rings. The van der Waals surface area contributed by atoms with E-state index in [2.05, 4.69) is 18.7 Å². The lowest BCUT2D eigenvalue weighted by atomic mass is 9.92. The summed E-state index contributed by atoms with van der Waals surface area (Å²) in [5.41, 5.74) is -0.0173. The Hall–Kier alpha value is -0.570. The van der Waals surface area contributed by atoms with Gasteiger partial charge in [0.1, 0.15) is 0 Å². The van der Waals surface area contributed by atoms with Gasteiger partial charge >= 0.3 is 5.97 Å². The van der Waals surface area contributed by atoms with Crippen LogP contribution in [-0.2, 0) is 9.53 Å². The first-order valence-corrected chi connectivity index (χ1v) is 7.03. The van der Waals surface area contributed by atoms with E-state index in [9.17, 15) is 4.79 Å². The highest BCUT2D eigenvalue weighted by Gasteiger charge is 2.33. The van der Waals surface area contributed by atoms with Gasteiger partial charge in [-0.15, -0.1) is 0 Å². The van der Waals surface area contributed by atoms with Crippen LogP contribution in [0.5, 0.6) is 0 Å². The van der Waals surface area contributed by atoms with Gasteiger partial charge in [0.05, 0.1) is 13.0 Å². The Morgan fingerprint density at radius 2 is 1.76 bits per heavy atom. The Balaban J connectivity index is 2.61. The highest BCUT2D eigenvalue weighted by atomic mass is 16.5. The molecular weight excluding hydrogens is 214 g/mol. The van der Waals surface area contributed by atoms with Crippen LogP contribution >= 0.6 is 0 Å². The third-order valence-corrected chi connectivity index (χ3v) is 3.96. The molecule has 3 heteroatoms. The molecule has 0 N–H and O–H groups in total. The summed E-state index contributed by atoms with van der Waals surface area (Å²) in [4.78, 5) is 14.2. The first-order chi connectivity index (χ1) is 8.12. The van der Waals surface area contributed by atoms with Crippen molar-refractivity contribution in [3.63, 3.8) is 0 Å². The molecule has 0 saturated carbocycles. The second-order valence-electron chi connectivity index (χ2n) is 5.23. The lowest BCUT2D eigenvalue weighted by molar-refractivity contribution is -0.146. The lowest BCUT2D eigenvalue weighted by Crippen LogP contribution is -2.48. The van der Waals surface area contributed by atoms with Gasteiger partial charge < -0.3 is 4.74 Å². The summed E-state index contributed by atoms with van der Waals surface area (Å²) in [6, 6.07) is 0. The van der Waals surface area contributed by atoms with Crippen molar-refractivity contribution in [3.8, 4) is 0 Å². The zero-order valence-electron chi connectivity index (χ0n) is 11.6. The summed E-state index contributed by atoms with van der Waals surface area (Å²) < 4.78 is 5.10. The zero-order chi connectivity index (χ0) is 12.7. The van der Waals surface area contributed by atoms with Gasteiger partial charge in [0.25, 0.3) is 0 Å². The van der Waals surface area contributed by atoms with Crippen LogP contribution in [-0.4, -0.2) is 36.1 Å². The standard InChI is InChI=1S/C14H27NO2/c1-4-14(3,12-13(16)17-5-2)15-10-8-6-7-9-11-15/h4-12H2,1-3H3. The number of carbonyl (C=O) groups excluding carboxylic acids is 1. The summed E-state index contributed by atoms with van der Waals surface area (Å²) in [6.07, 6.45) is 6.71. The summed E-state index contributed by atoms with van der Waals surface area (Å²) >= 11 is 0. The fraction of sp³-hybridized carbons (Fsp3) is 0.929. The van der Waals surface area contributed by atoms with Gasteiger partial charge in [-0.1, -0.05) is 19.8 Å². The normalized spacial score (nSPS) is 21.6. The van der Waals surface area contributed by atoms with E-state index in [-0.39, 0.29) is 11.5 Å². The van der Waals surface area contributed by atoms with Crippen LogP contribution in [0.25, 0.3) is 0 Å². The third-order valence-electron chi connectivity index (χ3n) is 3.96. The maximum atomic E-state index is 11.7. The van der Waals surface area contributed by atoms with Crippen molar-refractivity contribution in [2.24, 2.45) is 0 Å². The first-order valence-electron chi connectivity index (χ1n) is 7.03. The van der Waals surface area contributed by atoms with E-state index in [0.29, 0.717) is 13.0 Å². The second kappa shape index (κ2) is 7.00. The lowest BCUT2D eigenvalue weighted by Gasteiger charge is -2.39. The largest absolute Gasteiger partial charge is 0.466 e. The quantitative estimate of drug-likeness (QED) is 0.693. The van der Waals surface area contributed by atoms with Crippen molar-refractivity contribution >= 4 is 5.97 Å². The molecule has 1 heterocycles. The van der Waals surface area contributed by atoms with Crippen molar-refractivity contribution < 1.29 is 9.53 Å². The number of rotatable bonds is 5. The highest BCUT2D eigenvalue weighted by Crippen LogP contribution is 2.27. The van der Waals surface area contributed by atoms with Crippen LogP contribution in [0.15, 0.2) is 0 Å². The predicted molar refractivity (Wildman–Crippen MR) is 70.0 cm³/mol. The molecule has 0 aliphatic carbocycles. The molecular formula is C14H27NO2. The van der Waals surface area contributed by atoms with Crippen LogP contribution in [0.4, 0.5) is 0 Å². The maximum absolute atomic E-state index is 11.7. The molecule has 0 radical (unpaired) electrons. The molecule has 1 rings (SSSR count). The van der Waals surface area contributed by atoms with Crippen molar-refractivity contribution in [3.05, 3.63) is 0 Å². The molecule has 1 saturated heterocycles. The van der Waals surface area contributed by atoms with E-state index in [0.717, 1.165) is 19.5 Å². The van der Waals surface area contributed by atoms with E-state index in [1.807, 2.05) is 6.92 Å². The molecule has 0 spiro atoms. The van der Waals surface area contributed by atoms with Crippen molar-refractivity contribution in [1.29, 1.82) is 0 Å².